The van der Waals surface area contributed by atoms with E-state index in [0.717, 1.165) is 6.42 Å². The van der Waals surface area contributed by atoms with Gasteiger partial charge in [0.25, 0.3) is 0 Å². The van der Waals surface area contributed by atoms with E-state index in [9.17, 15) is 4.79 Å². The van der Waals surface area contributed by atoms with Crippen molar-refractivity contribution in [3.05, 3.63) is 35.9 Å². The van der Waals surface area contributed by atoms with Crippen LogP contribution in [0.4, 0.5) is 4.79 Å². The molecule has 2 amide bonds. The number of nitrogens with zero attached hydrogens (tertiary/aromatic N) is 1. The molecule has 2 N–H and O–H groups in total. The van der Waals surface area contributed by atoms with Crippen LogP contribution in [0.15, 0.2) is 30.3 Å². The predicted octanol–water partition coefficient (Wildman–Crippen LogP) is 2.43. The maximum Gasteiger partial charge on any atom is 0.341 e. The first kappa shape index (κ1) is 13.5. The molecule has 0 saturated carbocycles. The number of hydrogen-bond donors (Lipinski definition) is 2. The number of amides is 2. The maximum absolute atomic E-state index is 11.5. The Labute approximate surface area is 102 Å². The Morgan fingerprint density at radius 2 is 1.88 bits per heavy atom. The number of urea groups is 1. The zero-order valence-corrected chi connectivity index (χ0v) is 10.6. The molecule has 0 radical (unpaired) electrons. The minimum atomic E-state index is -0.464. The number of carbonyl (C=O) groups is 1. The molecule has 0 bridgehead atoms. The van der Waals surface area contributed by atoms with Crippen molar-refractivity contribution in [1.29, 1.82) is 0 Å². The molecule has 4 nitrogen and oxygen atoms in total. The molecule has 0 spiro atoms. The monoisotopic (exact) mass is 236 g/mol. The highest BCUT2D eigenvalue weighted by Crippen LogP contribution is 2.14. The van der Waals surface area contributed by atoms with Crippen molar-refractivity contribution in [2.24, 2.45) is 0 Å². The van der Waals surface area contributed by atoms with Crippen LogP contribution in [0.1, 0.15) is 26.3 Å². The summed E-state index contributed by atoms with van der Waals surface area (Å²) >= 11 is 0. The fraction of sp³-hybridized carbons (Fsp3) is 0.462. The highest BCUT2D eigenvalue weighted by molar-refractivity contribution is 5.73. The van der Waals surface area contributed by atoms with E-state index in [4.69, 9.17) is 5.21 Å². The third-order valence-corrected chi connectivity index (χ3v) is 2.62. The summed E-state index contributed by atoms with van der Waals surface area (Å²) in [6, 6.07) is 9.50. The van der Waals surface area contributed by atoms with Gasteiger partial charge in [-0.1, -0.05) is 30.3 Å². The molecule has 94 valence electrons. The summed E-state index contributed by atoms with van der Waals surface area (Å²) in [5.41, 5.74) is 2.55. The van der Waals surface area contributed by atoms with Gasteiger partial charge in [0.1, 0.15) is 0 Å². The van der Waals surface area contributed by atoms with Gasteiger partial charge in [0.2, 0.25) is 0 Å². The normalized spacial score (nSPS) is 11.1. The van der Waals surface area contributed by atoms with Crippen molar-refractivity contribution < 1.29 is 10.0 Å². The molecule has 0 atom stereocenters. The smallest absolute Gasteiger partial charge is 0.318 e. The molecule has 1 rings (SSSR count). The van der Waals surface area contributed by atoms with Gasteiger partial charge in [-0.2, -0.15) is 0 Å². The number of benzene rings is 1. The topological polar surface area (TPSA) is 52.6 Å². The Bertz CT molecular complexity index is 357. The molecule has 1 aromatic carbocycles. The lowest BCUT2D eigenvalue weighted by Crippen LogP contribution is -2.50. The van der Waals surface area contributed by atoms with E-state index in [1.54, 1.807) is 10.4 Å². The minimum Gasteiger partial charge on any atom is -0.318 e. The van der Waals surface area contributed by atoms with E-state index in [1.165, 1.54) is 5.56 Å². The Morgan fingerprint density at radius 3 is 2.35 bits per heavy atom. The second-order valence-corrected chi connectivity index (χ2v) is 4.98. The summed E-state index contributed by atoms with van der Waals surface area (Å²) in [6.07, 6.45) is 0.769. The molecule has 0 heterocycles. The van der Waals surface area contributed by atoms with Crippen molar-refractivity contribution in [2.75, 3.05) is 6.54 Å². The van der Waals surface area contributed by atoms with Gasteiger partial charge in [-0.25, -0.2) is 10.3 Å². The van der Waals surface area contributed by atoms with Crippen molar-refractivity contribution in [3.8, 4) is 0 Å². The van der Waals surface area contributed by atoms with E-state index in [2.05, 4.69) is 0 Å². The Balaban J connectivity index is 2.65. The lowest BCUT2D eigenvalue weighted by atomic mass is 10.0. The van der Waals surface area contributed by atoms with E-state index in [1.807, 2.05) is 51.1 Å². The van der Waals surface area contributed by atoms with Gasteiger partial charge < -0.3 is 4.90 Å². The molecule has 0 aliphatic rings. The number of nitrogens with one attached hydrogen (secondary N) is 1. The molecule has 0 aromatic heterocycles. The van der Waals surface area contributed by atoms with Crippen LogP contribution in [0.5, 0.6) is 0 Å². The highest BCUT2D eigenvalue weighted by atomic mass is 16.5. The average molecular weight is 236 g/mol. The fourth-order valence-electron chi connectivity index (χ4n) is 1.69. The number of hydroxylamine groups is 1. The summed E-state index contributed by atoms with van der Waals surface area (Å²) in [5, 5.41) is 8.72. The van der Waals surface area contributed by atoms with Crippen molar-refractivity contribution >= 4 is 6.03 Å². The summed E-state index contributed by atoms with van der Waals surface area (Å²) in [6.45, 7) is 6.38. The standard InChI is InChI=1S/C13H20N2O2/c1-13(2,3)15(12(16)14-17)10-9-11-7-5-4-6-8-11/h4-8,17H,9-10H2,1-3H3,(H,14,16). The zero-order chi connectivity index (χ0) is 12.9. The largest absolute Gasteiger partial charge is 0.341 e. The maximum atomic E-state index is 11.5. The molecule has 0 aliphatic heterocycles. The lowest BCUT2D eigenvalue weighted by molar-refractivity contribution is 0.0970. The first-order valence-electron chi connectivity index (χ1n) is 5.71. The summed E-state index contributed by atoms with van der Waals surface area (Å²) < 4.78 is 0. The fourth-order valence-corrected chi connectivity index (χ4v) is 1.69. The third-order valence-electron chi connectivity index (χ3n) is 2.62. The van der Waals surface area contributed by atoms with Crippen LogP contribution < -0.4 is 5.48 Å². The van der Waals surface area contributed by atoms with Gasteiger partial charge in [-0.15, -0.1) is 0 Å². The van der Waals surface area contributed by atoms with E-state index in [0.29, 0.717) is 6.54 Å². The summed E-state index contributed by atoms with van der Waals surface area (Å²) in [7, 11) is 0. The van der Waals surface area contributed by atoms with E-state index in [-0.39, 0.29) is 5.54 Å². The molecular formula is C13H20N2O2. The molecule has 0 fully saturated rings. The third kappa shape index (κ3) is 4.07. The SMILES string of the molecule is CC(C)(C)N(CCc1ccccc1)C(=O)NO. The number of rotatable bonds is 3. The van der Waals surface area contributed by atoms with Crippen molar-refractivity contribution in [2.45, 2.75) is 32.7 Å². The lowest BCUT2D eigenvalue weighted by Gasteiger charge is -2.34. The van der Waals surface area contributed by atoms with Gasteiger partial charge in [0.15, 0.2) is 0 Å². The van der Waals surface area contributed by atoms with Crippen LogP contribution in [-0.4, -0.2) is 28.2 Å². The van der Waals surface area contributed by atoms with Crippen molar-refractivity contribution in [3.63, 3.8) is 0 Å². The molecule has 1 aromatic rings. The van der Waals surface area contributed by atoms with Crippen LogP contribution in [0.3, 0.4) is 0 Å². The van der Waals surface area contributed by atoms with Crippen LogP contribution in [0, 0.1) is 0 Å². The second kappa shape index (κ2) is 5.68. The minimum absolute atomic E-state index is 0.318. The molecule has 0 aliphatic carbocycles. The van der Waals surface area contributed by atoms with Gasteiger partial charge in [-0.05, 0) is 32.8 Å². The number of carbonyl (C=O) groups excluding carboxylic acids is 1. The molecular weight excluding hydrogens is 216 g/mol. The van der Waals surface area contributed by atoms with Gasteiger partial charge >= 0.3 is 6.03 Å². The van der Waals surface area contributed by atoms with Crippen molar-refractivity contribution in [1.82, 2.24) is 10.4 Å². The van der Waals surface area contributed by atoms with E-state index >= 15 is 0 Å². The van der Waals surface area contributed by atoms with Crippen LogP contribution >= 0.6 is 0 Å². The second-order valence-electron chi connectivity index (χ2n) is 4.98. The predicted molar refractivity (Wildman–Crippen MR) is 66.9 cm³/mol. The first-order valence-corrected chi connectivity index (χ1v) is 5.71. The molecule has 0 saturated heterocycles. The quantitative estimate of drug-likeness (QED) is 0.625. The number of hydrogen-bond acceptors (Lipinski definition) is 2. The summed E-state index contributed by atoms with van der Waals surface area (Å²) in [4.78, 5) is 13.2. The Morgan fingerprint density at radius 1 is 1.29 bits per heavy atom. The molecule has 0 unspecified atom stereocenters. The molecule has 4 heteroatoms. The van der Waals surface area contributed by atoms with Gasteiger partial charge in [0.05, 0.1) is 0 Å². The van der Waals surface area contributed by atoms with Crippen LogP contribution in [0.25, 0.3) is 0 Å². The summed E-state index contributed by atoms with van der Waals surface area (Å²) in [5.74, 6) is 0. The first-order chi connectivity index (χ1) is 7.95. The van der Waals surface area contributed by atoms with E-state index < -0.39 is 6.03 Å². The Kier molecular flexibility index (Phi) is 4.52. The van der Waals surface area contributed by atoms with Gasteiger partial charge in [-0.3, -0.25) is 5.21 Å². The highest BCUT2D eigenvalue weighted by Gasteiger charge is 2.25. The zero-order valence-electron chi connectivity index (χ0n) is 10.6. The Hall–Kier alpha value is -1.55. The van der Waals surface area contributed by atoms with Gasteiger partial charge in [0, 0.05) is 12.1 Å². The molecule has 17 heavy (non-hydrogen) atoms. The van der Waals surface area contributed by atoms with Crippen LogP contribution in [-0.2, 0) is 6.42 Å². The average Bonchev–Trinajstić information content (AvgIpc) is 2.28. The van der Waals surface area contributed by atoms with Crippen LogP contribution in [0.2, 0.25) is 0 Å².